The van der Waals surface area contributed by atoms with Crippen molar-refractivity contribution in [2.75, 3.05) is 0 Å². The Morgan fingerprint density at radius 1 is 1.00 bits per heavy atom. The molecule has 0 bridgehead atoms. The molecule has 1 nitrogen and oxygen atoms in total. The molecule has 0 spiro atoms. The maximum absolute atomic E-state index is 15.0. The van der Waals surface area contributed by atoms with E-state index in [2.05, 4.69) is 18.6 Å². The molecule has 0 atom stereocenters. The molecule has 2 aromatic rings. The minimum atomic E-state index is -4.99. The van der Waals surface area contributed by atoms with Crippen molar-refractivity contribution in [2.45, 2.75) is 69.3 Å². The zero-order valence-corrected chi connectivity index (χ0v) is 18.1. The van der Waals surface area contributed by atoms with E-state index in [-0.39, 0.29) is 16.5 Å². The van der Waals surface area contributed by atoms with Crippen LogP contribution in [-0.2, 0) is 5.41 Å². The third-order valence-corrected chi connectivity index (χ3v) is 7.73. The molecule has 0 aliphatic heterocycles. The highest BCUT2D eigenvalue weighted by Crippen LogP contribution is 2.46. The lowest BCUT2D eigenvalue weighted by Crippen LogP contribution is -2.31. The average molecular weight is 441 g/mol. The van der Waals surface area contributed by atoms with Gasteiger partial charge in [-0.25, -0.2) is 8.78 Å². The van der Waals surface area contributed by atoms with Gasteiger partial charge in [0.15, 0.2) is 11.6 Å². The molecule has 0 amide bonds. The lowest BCUT2D eigenvalue weighted by atomic mass is 9.67. The number of hydrogen-bond donors (Lipinski definition) is 0. The van der Waals surface area contributed by atoms with Crippen LogP contribution >= 0.6 is 0 Å². The highest BCUT2D eigenvalue weighted by atomic mass is 28.2. The lowest BCUT2D eigenvalue weighted by molar-refractivity contribution is -0.275. The van der Waals surface area contributed by atoms with Gasteiger partial charge >= 0.3 is 6.36 Å². The van der Waals surface area contributed by atoms with E-state index < -0.39 is 23.7 Å². The Labute approximate surface area is 176 Å². The maximum Gasteiger partial charge on any atom is 0.573 e. The van der Waals surface area contributed by atoms with Crippen molar-refractivity contribution < 1.29 is 26.7 Å². The van der Waals surface area contributed by atoms with E-state index in [0.717, 1.165) is 64.9 Å². The number of hydrogen-bond acceptors (Lipinski definition) is 1. The SMILES string of the molecule is CC[Si]C1CCC(CC)(c2ccc(-c3ccc(OC(F)(F)F)c(F)c3)c(F)c2)CC1. The Balaban J connectivity index is 1.84. The molecule has 1 fully saturated rings. The van der Waals surface area contributed by atoms with Gasteiger partial charge in [-0.3, -0.25) is 0 Å². The molecule has 0 saturated heterocycles. The number of alkyl halides is 3. The molecule has 1 saturated carbocycles. The van der Waals surface area contributed by atoms with Crippen LogP contribution in [0, 0.1) is 11.6 Å². The standard InChI is InChI=1S/C23H25F5OSi/c1-3-22(11-9-17(10-12-22)30-4-2)16-6-7-18(19(24)14-16)15-5-8-21(20(25)13-15)29-23(26,27)28/h5-8,13-14,17H,3-4,9-12H2,1-2H3. The Morgan fingerprint density at radius 3 is 2.23 bits per heavy atom. The van der Waals surface area contributed by atoms with Crippen molar-refractivity contribution in [3.8, 4) is 16.9 Å². The van der Waals surface area contributed by atoms with Gasteiger partial charge < -0.3 is 4.74 Å². The summed E-state index contributed by atoms with van der Waals surface area (Å²) in [7, 11) is 0.979. The molecule has 30 heavy (non-hydrogen) atoms. The van der Waals surface area contributed by atoms with E-state index in [1.165, 1.54) is 18.2 Å². The minimum Gasteiger partial charge on any atom is -0.403 e. The first-order valence-electron chi connectivity index (χ1n) is 10.3. The van der Waals surface area contributed by atoms with Gasteiger partial charge in [-0.2, -0.15) is 0 Å². The largest absolute Gasteiger partial charge is 0.573 e. The second kappa shape index (κ2) is 9.08. The second-order valence-corrected chi connectivity index (χ2v) is 9.79. The molecule has 2 aromatic carbocycles. The van der Waals surface area contributed by atoms with Gasteiger partial charge in [0.05, 0.1) is 0 Å². The van der Waals surface area contributed by atoms with Gasteiger partial charge in [-0.1, -0.05) is 50.9 Å². The normalized spacial score (nSPS) is 22.2. The van der Waals surface area contributed by atoms with Crippen LogP contribution in [0.25, 0.3) is 11.1 Å². The molecule has 0 aromatic heterocycles. The molecule has 0 unspecified atom stereocenters. The van der Waals surface area contributed by atoms with Gasteiger partial charge in [0.25, 0.3) is 0 Å². The van der Waals surface area contributed by atoms with Crippen molar-refractivity contribution in [2.24, 2.45) is 0 Å². The number of rotatable bonds is 6. The topological polar surface area (TPSA) is 9.23 Å². The Kier molecular flexibility index (Phi) is 6.90. The fourth-order valence-electron chi connectivity index (χ4n) is 4.46. The number of ether oxygens (including phenoxy) is 1. The molecule has 162 valence electrons. The van der Waals surface area contributed by atoms with Crippen molar-refractivity contribution in [3.63, 3.8) is 0 Å². The van der Waals surface area contributed by atoms with E-state index in [1.807, 2.05) is 6.07 Å². The molecule has 1 aliphatic carbocycles. The van der Waals surface area contributed by atoms with E-state index in [4.69, 9.17) is 0 Å². The summed E-state index contributed by atoms with van der Waals surface area (Å²) in [5.41, 5.74) is 1.98. The van der Waals surface area contributed by atoms with Crippen molar-refractivity contribution >= 4 is 9.52 Å². The van der Waals surface area contributed by atoms with Gasteiger partial charge in [0.2, 0.25) is 0 Å². The summed E-state index contributed by atoms with van der Waals surface area (Å²) in [6, 6.07) is 9.16. The summed E-state index contributed by atoms with van der Waals surface area (Å²) in [6.07, 6.45) is 0.285. The first-order chi connectivity index (χ1) is 14.2. The van der Waals surface area contributed by atoms with Crippen LogP contribution in [0.1, 0.15) is 51.5 Å². The number of halogens is 5. The summed E-state index contributed by atoms with van der Waals surface area (Å²) in [4.78, 5) is 0. The van der Waals surface area contributed by atoms with E-state index in [0.29, 0.717) is 0 Å². The van der Waals surface area contributed by atoms with E-state index in [1.54, 1.807) is 6.07 Å². The summed E-state index contributed by atoms with van der Waals surface area (Å²) in [5.74, 6) is -2.62. The summed E-state index contributed by atoms with van der Waals surface area (Å²) in [6.45, 7) is 4.34. The van der Waals surface area contributed by atoms with Crippen molar-refractivity contribution in [1.82, 2.24) is 0 Å². The first-order valence-corrected chi connectivity index (χ1v) is 11.5. The van der Waals surface area contributed by atoms with E-state index in [9.17, 15) is 22.0 Å². The van der Waals surface area contributed by atoms with Crippen LogP contribution in [0.15, 0.2) is 36.4 Å². The van der Waals surface area contributed by atoms with Crippen LogP contribution < -0.4 is 4.74 Å². The van der Waals surface area contributed by atoms with Crippen LogP contribution in [0.2, 0.25) is 11.6 Å². The van der Waals surface area contributed by atoms with Crippen LogP contribution in [0.3, 0.4) is 0 Å². The highest BCUT2D eigenvalue weighted by Gasteiger charge is 2.36. The van der Waals surface area contributed by atoms with Gasteiger partial charge in [-0.15, -0.1) is 13.2 Å². The fourth-order valence-corrected chi connectivity index (χ4v) is 5.74. The van der Waals surface area contributed by atoms with Crippen molar-refractivity contribution in [3.05, 3.63) is 53.6 Å². The third kappa shape index (κ3) is 5.05. The predicted molar refractivity (Wildman–Crippen MR) is 109 cm³/mol. The second-order valence-electron chi connectivity index (χ2n) is 7.85. The smallest absolute Gasteiger partial charge is 0.403 e. The molecule has 0 heterocycles. The Morgan fingerprint density at radius 2 is 1.70 bits per heavy atom. The molecular formula is C23H25F5OSi. The predicted octanol–water partition coefficient (Wildman–Crippen LogP) is 7.68. The first kappa shape index (κ1) is 22.8. The summed E-state index contributed by atoms with van der Waals surface area (Å²) in [5, 5.41) is 0. The molecule has 2 radical (unpaired) electrons. The van der Waals surface area contributed by atoms with Gasteiger partial charge in [-0.05, 0) is 59.5 Å². The molecule has 1 aliphatic rings. The highest BCUT2D eigenvalue weighted by molar-refractivity contribution is 6.37. The van der Waals surface area contributed by atoms with Crippen LogP contribution in [-0.4, -0.2) is 15.9 Å². The van der Waals surface area contributed by atoms with E-state index >= 15 is 0 Å². The monoisotopic (exact) mass is 440 g/mol. The number of benzene rings is 2. The average Bonchev–Trinajstić information content (AvgIpc) is 2.70. The molecule has 0 N–H and O–H groups in total. The Bertz CT molecular complexity index is 872. The Hall–Kier alpha value is -1.89. The zero-order chi connectivity index (χ0) is 21.9. The molecule has 7 heteroatoms. The quantitative estimate of drug-likeness (QED) is 0.331. The molecule has 3 rings (SSSR count). The van der Waals surface area contributed by atoms with Gasteiger partial charge in [0, 0.05) is 15.1 Å². The zero-order valence-electron chi connectivity index (χ0n) is 17.1. The lowest BCUT2D eigenvalue weighted by Gasteiger charge is -2.40. The van der Waals surface area contributed by atoms with Crippen LogP contribution in [0.5, 0.6) is 5.75 Å². The summed E-state index contributed by atoms with van der Waals surface area (Å²) >= 11 is 0. The summed E-state index contributed by atoms with van der Waals surface area (Å²) < 4.78 is 69.6. The fraction of sp³-hybridized carbons (Fsp3) is 0.478. The van der Waals surface area contributed by atoms with Gasteiger partial charge in [0.1, 0.15) is 5.82 Å². The molecular weight excluding hydrogens is 415 g/mol. The third-order valence-electron chi connectivity index (χ3n) is 6.16. The van der Waals surface area contributed by atoms with Crippen molar-refractivity contribution in [1.29, 1.82) is 0 Å². The minimum absolute atomic E-state index is 0.0518. The van der Waals surface area contributed by atoms with Crippen LogP contribution in [0.4, 0.5) is 22.0 Å². The maximum atomic E-state index is 15.0.